The van der Waals surface area contributed by atoms with Crippen LogP contribution in [0.1, 0.15) is 16.7 Å². The van der Waals surface area contributed by atoms with Crippen LogP contribution < -0.4 is 10.6 Å². The average Bonchev–Trinajstić information content (AvgIpc) is 2.55. The third-order valence-electron chi connectivity index (χ3n) is 3.69. The zero-order chi connectivity index (χ0) is 14.7. The highest BCUT2D eigenvalue weighted by Gasteiger charge is 2.14. The summed E-state index contributed by atoms with van der Waals surface area (Å²) in [4.78, 5) is 4.64. The fourth-order valence-electron chi connectivity index (χ4n) is 2.52. The Kier molecular flexibility index (Phi) is 3.73. The van der Waals surface area contributed by atoms with Crippen molar-refractivity contribution < 1.29 is 0 Å². The maximum Gasteiger partial charge on any atom is 0.0939 e. The summed E-state index contributed by atoms with van der Waals surface area (Å²) in [5, 5.41) is 6.60. The SMILES string of the molecule is CNc1ccc(C2=C(c3ccccc3C)N=CCN2)cc1. The number of aryl methyl sites for hydroxylation is 1. The van der Waals surface area contributed by atoms with Crippen LogP contribution in [0, 0.1) is 6.92 Å². The fraction of sp³-hybridized carbons (Fsp3) is 0.167. The molecular weight excluding hydrogens is 258 g/mol. The minimum atomic E-state index is 0.762. The Bertz CT molecular complexity index is 697. The zero-order valence-corrected chi connectivity index (χ0v) is 12.4. The number of hydrogen-bond donors (Lipinski definition) is 2. The van der Waals surface area contributed by atoms with E-state index in [2.05, 4.69) is 71.1 Å². The maximum atomic E-state index is 4.64. The monoisotopic (exact) mass is 277 g/mol. The van der Waals surface area contributed by atoms with E-state index in [4.69, 9.17) is 0 Å². The largest absolute Gasteiger partial charge is 0.388 e. The molecule has 0 bridgehead atoms. The second kappa shape index (κ2) is 5.83. The van der Waals surface area contributed by atoms with Crippen molar-refractivity contribution in [2.75, 3.05) is 18.9 Å². The molecule has 0 unspecified atom stereocenters. The Balaban J connectivity index is 2.11. The van der Waals surface area contributed by atoms with Gasteiger partial charge in [-0.3, -0.25) is 4.99 Å². The number of benzene rings is 2. The van der Waals surface area contributed by atoms with Gasteiger partial charge in [-0.2, -0.15) is 0 Å². The lowest BCUT2D eigenvalue weighted by Gasteiger charge is -2.19. The number of nitrogens with one attached hydrogen (secondary N) is 2. The molecular formula is C18H19N3. The molecule has 1 aliphatic heterocycles. The van der Waals surface area contributed by atoms with Gasteiger partial charge in [-0.1, -0.05) is 36.4 Å². The smallest absolute Gasteiger partial charge is 0.0939 e. The van der Waals surface area contributed by atoms with Gasteiger partial charge in [0.05, 0.1) is 17.9 Å². The van der Waals surface area contributed by atoms with E-state index < -0.39 is 0 Å². The van der Waals surface area contributed by atoms with Crippen molar-refractivity contribution in [2.24, 2.45) is 4.99 Å². The number of hydrogen-bond acceptors (Lipinski definition) is 3. The zero-order valence-electron chi connectivity index (χ0n) is 12.4. The van der Waals surface area contributed by atoms with Crippen LogP contribution in [0.3, 0.4) is 0 Å². The van der Waals surface area contributed by atoms with E-state index in [9.17, 15) is 0 Å². The summed E-state index contributed by atoms with van der Waals surface area (Å²) < 4.78 is 0. The molecule has 0 amide bonds. The first-order valence-corrected chi connectivity index (χ1v) is 7.14. The average molecular weight is 277 g/mol. The molecule has 1 heterocycles. The summed E-state index contributed by atoms with van der Waals surface area (Å²) in [7, 11) is 1.93. The highest BCUT2D eigenvalue weighted by molar-refractivity contribution is 5.95. The maximum absolute atomic E-state index is 4.64. The first kappa shape index (κ1) is 13.4. The molecule has 0 fully saturated rings. The van der Waals surface area contributed by atoms with Gasteiger partial charge in [0.25, 0.3) is 0 Å². The summed E-state index contributed by atoms with van der Waals surface area (Å²) in [5.41, 5.74) is 6.78. The van der Waals surface area contributed by atoms with E-state index in [1.807, 2.05) is 13.3 Å². The van der Waals surface area contributed by atoms with Crippen LogP contribution in [0.5, 0.6) is 0 Å². The van der Waals surface area contributed by atoms with Gasteiger partial charge in [0.2, 0.25) is 0 Å². The Labute approximate surface area is 125 Å². The van der Waals surface area contributed by atoms with E-state index in [0.717, 1.165) is 29.2 Å². The third-order valence-corrected chi connectivity index (χ3v) is 3.69. The predicted octanol–water partition coefficient (Wildman–Crippen LogP) is 3.54. The van der Waals surface area contributed by atoms with Crippen molar-refractivity contribution in [1.82, 2.24) is 5.32 Å². The standard InChI is InChI=1S/C18H19N3/c1-13-5-3-4-6-16(13)18-17(20-11-12-21-18)14-7-9-15(19-2)10-8-14/h3-10,12,19-20H,11H2,1-2H3. The Hall–Kier alpha value is -2.55. The van der Waals surface area contributed by atoms with E-state index in [1.54, 1.807) is 0 Å². The third kappa shape index (κ3) is 2.68. The molecule has 0 aliphatic carbocycles. The Morgan fingerprint density at radius 1 is 1.05 bits per heavy atom. The van der Waals surface area contributed by atoms with Crippen LogP contribution in [0.4, 0.5) is 5.69 Å². The van der Waals surface area contributed by atoms with E-state index in [1.165, 1.54) is 11.1 Å². The number of nitrogens with zero attached hydrogens (tertiary/aromatic N) is 1. The molecule has 2 aromatic rings. The molecule has 3 nitrogen and oxygen atoms in total. The molecule has 0 aromatic heterocycles. The van der Waals surface area contributed by atoms with Gasteiger partial charge in [0.15, 0.2) is 0 Å². The van der Waals surface area contributed by atoms with Crippen LogP contribution in [-0.2, 0) is 0 Å². The lowest BCUT2D eigenvalue weighted by atomic mass is 10.0. The first-order chi connectivity index (χ1) is 10.3. The van der Waals surface area contributed by atoms with Crippen molar-refractivity contribution in [3.63, 3.8) is 0 Å². The normalized spacial score (nSPS) is 14.0. The molecule has 2 aromatic carbocycles. The molecule has 0 radical (unpaired) electrons. The summed E-state index contributed by atoms with van der Waals surface area (Å²) in [6.45, 7) is 2.88. The molecule has 106 valence electrons. The number of rotatable bonds is 3. The van der Waals surface area contributed by atoms with Crippen LogP contribution in [0.2, 0.25) is 0 Å². The van der Waals surface area contributed by atoms with E-state index in [0.29, 0.717) is 0 Å². The lowest BCUT2D eigenvalue weighted by Crippen LogP contribution is -2.20. The molecule has 0 saturated carbocycles. The molecule has 2 N–H and O–H groups in total. The molecule has 0 atom stereocenters. The molecule has 21 heavy (non-hydrogen) atoms. The lowest BCUT2D eigenvalue weighted by molar-refractivity contribution is 1.03. The van der Waals surface area contributed by atoms with Crippen LogP contribution >= 0.6 is 0 Å². The molecule has 3 rings (SSSR count). The predicted molar refractivity (Wildman–Crippen MR) is 90.5 cm³/mol. The van der Waals surface area contributed by atoms with Crippen LogP contribution in [0.15, 0.2) is 53.5 Å². The van der Waals surface area contributed by atoms with E-state index in [-0.39, 0.29) is 0 Å². The molecule has 1 aliphatic rings. The van der Waals surface area contributed by atoms with Crippen molar-refractivity contribution in [3.05, 3.63) is 65.2 Å². The quantitative estimate of drug-likeness (QED) is 0.900. The fourth-order valence-corrected chi connectivity index (χ4v) is 2.52. The van der Waals surface area contributed by atoms with Gasteiger partial charge in [-0.25, -0.2) is 0 Å². The van der Waals surface area contributed by atoms with Gasteiger partial charge in [-0.15, -0.1) is 0 Å². The van der Waals surface area contributed by atoms with Crippen molar-refractivity contribution in [1.29, 1.82) is 0 Å². The highest BCUT2D eigenvalue weighted by atomic mass is 15.0. The minimum absolute atomic E-state index is 0.762. The summed E-state index contributed by atoms with van der Waals surface area (Å²) in [6.07, 6.45) is 1.92. The molecule has 0 spiro atoms. The highest BCUT2D eigenvalue weighted by Crippen LogP contribution is 2.29. The van der Waals surface area contributed by atoms with Gasteiger partial charge < -0.3 is 10.6 Å². The Morgan fingerprint density at radius 2 is 1.81 bits per heavy atom. The molecule has 0 saturated heterocycles. The van der Waals surface area contributed by atoms with E-state index >= 15 is 0 Å². The number of anilines is 1. The second-order valence-corrected chi connectivity index (χ2v) is 5.06. The van der Waals surface area contributed by atoms with Gasteiger partial charge in [-0.05, 0) is 30.2 Å². The van der Waals surface area contributed by atoms with Crippen molar-refractivity contribution in [2.45, 2.75) is 6.92 Å². The van der Waals surface area contributed by atoms with Gasteiger partial charge in [0, 0.05) is 24.5 Å². The van der Waals surface area contributed by atoms with Crippen molar-refractivity contribution >= 4 is 23.3 Å². The Morgan fingerprint density at radius 3 is 2.52 bits per heavy atom. The van der Waals surface area contributed by atoms with Crippen LogP contribution in [-0.4, -0.2) is 19.8 Å². The molecule has 3 heteroatoms. The van der Waals surface area contributed by atoms with Gasteiger partial charge >= 0.3 is 0 Å². The summed E-state index contributed by atoms with van der Waals surface area (Å²) >= 11 is 0. The van der Waals surface area contributed by atoms with Crippen LogP contribution in [0.25, 0.3) is 11.4 Å². The summed E-state index contributed by atoms with van der Waals surface area (Å²) in [5.74, 6) is 0. The summed E-state index contributed by atoms with van der Waals surface area (Å²) in [6, 6.07) is 16.8. The van der Waals surface area contributed by atoms with Gasteiger partial charge in [0.1, 0.15) is 0 Å². The first-order valence-electron chi connectivity index (χ1n) is 7.14. The number of aliphatic imine (C=N–C) groups is 1. The second-order valence-electron chi connectivity index (χ2n) is 5.06. The van der Waals surface area contributed by atoms with Crippen molar-refractivity contribution in [3.8, 4) is 0 Å². The topological polar surface area (TPSA) is 36.4 Å². The minimum Gasteiger partial charge on any atom is -0.388 e.